The lowest BCUT2D eigenvalue weighted by Crippen LogP contribution is -2.03. The third-order valence-corrected chi connectivity index (χ3v) is 0.208. The summed E-state index contributed by atoms with van der Waals surface area (Å²) in [5, 5.41) is 7.69. The fourth-order valence-corrected chi connectivity index (χ4v) is 0.0893. The van der Waals surface area contributed by atoms with Crippen LogP contribution in [0.3, 0.4) is 0 Å². The van der Waals surface area contributed by atoms with Gasteiger partial charge in [-0.1, -0.05) is 0 Å². The van der Waals surface area contributed by atoms with Gasteiger partial charge in [-0.3, -0.25) is 0 Å². The van der Waals surface area contributed by atoms with E-state index in [0.717, 1.165) is 6.92 Å². The first-order valence-corrected chi connectivity index (χ1v) is 1.57. The van der Waals surface area contributed by atoms with Crippen LogP contribution in [0.1, 0.15) is 6.92 Å². The van der Waals surface area contributed by atoms with E-state index < -0.39 is 5.97 Å². The molecule has 0 unspecified atom stereocenters. The molecule has 0 bridgehead atoms. The van der Waals surface area contributed by atoms with Crippen molar-refractivity contribution in [3.8, 4) is 0 Å². The minimum Gasteiger partial charge on any atom is -0.426 e. The Bertz CT molecular complexity index is 62.7. The van der Waals surface area contributed by atoms with E-state index in [0.29, 0.717) is 0 Å². The van der Waals surface area contributed by atoms with Crippen LogP contribution in [0.5, 0.6) is 0 Å². The molecule has 1 radical (unpaired) electrons. The van der Waals surface area contributed by atoms with E-state index in [1.165, 1.54) is 0 Å². The van der Waals surface area contributed by atoms with Crippen molar-refractivity contribution >= 4 is 13.7 Å². The lowest BCUT2D eigenvalue weighted by Gasteiger charge is -1.90. The predicted octanol–water partition coefficient (Wildman–Crippen LogP) is -0.992. The molecule has 0 aliphatic carbocycles. The predicted molar refractivity (Wildman–Crippen MR) is 20.8 cm³/mol. The highest BCUT2D eigenvalue weighted by atomic mass is 17.2. The van der Waals surface area contributed by atoms with E-state index in [1.807, 2.05) is 0 Å². The van der Waals surface area contributed by atoms with Gasteiger partial charge in [0.25, 0.3) is 0 Å². The fourth-order valence-electron chi connectivity index (χ4n) is 0.0893. The third-order valence-electron chi connectivity index (χ3n) is 0.208. The number of hydrogen-bond donors (Lipinski definition) is 1. The molecule has 0 aliphatic rings. The van der Waals surface area contributed by atoms with Crippen LogP contribution in [0.15, 0.2) is 0 Å². The van der Waals surface area contributed by atoms with Crippen LogP contribution in [0.2, 0.25) is 0 Å². The Hall–Kier alpha value is -0.545. The molecule has 1 N–H and O–H groups in total. The van der Waals surface area contributed by atoms with E-state index in [2.05, 4.69) is 9.69 Å². The Morgan fingerprint density at radius 2 is 2.43 bits per heavy atom. The summed E-state index contributed by atoms with van der Waals surface area (Å²) in [5.41, 5.74) is 0. The van der Waals surface area contributed by atoms with E-state index >= 15 is 0 Å². The Morgan fingerprint density at radius 1 is 1.86 bits per heavy atom. The Kier molecular flexibility index (Phi) is 3.35. The Balaban J connectivity index is 2.82. The highest BCUT2D eigenvalue weighted by Gasteiger charge is 1.90. The second kappa shape index (κ2) is 3.64. The molecule has 0 fully saturated rings. The second-order valence-electron chi connectivity index (χ2n) is 0.777. The van der Waals surface area contributed by atoms with Crippen LogP contribution in [0.4, 0.5) is 0 Å². The zero-order valence-electron chi connectivity index (χ0n) is 3.75. The highest BCUT2D eigenvalue weighted by Crippen LogP contribution is 1.72. The molecule has 0 aromatic heterocycles. The summed E-state index contributed by atoms with van der Waals surface area (Å²) in [7, 11) is 0.279. The molecule has 0 atom stereocenters. The molecule has 5 heteroatoms. The monoisotopic (exact) mass is 103 g/mol. The number of carbonyl (C=O) groups is 1. The Labute approximate surface area is 41.3 Å². The maximum atomic E-state index is 9.72. The molecule has 0 aromatic carbocycles. The molecule has 0 spiro atoms. The fraction of sp³-hybridized carbons (Fsp3) is 0.500. The average molecular weight is 103 g/mol. The van der Waals surface area contributed by atoms with Crippen LogP contribution in [0.25, 0.3) is 0 Å². The van der Waals surface area contributed by atoms with Gasteiger partial charge >= 0.3 is 13.7 Å². The summed E-state index contributed by atoms with van der Waals surface area (Å²) >= 11 is 0. The highest BCUT2D eigenvalue weighted by molar-refractivity contribution is 6.15. The standard InChI is InChI=1S/C2H4BO4/c1-2(4)6-7-3-5/h5H,1H3. The molecule has 0 rings (SSSR count). The maximum absolute atomic E-state index is 9.72. The third kappa shape index (κ3) is 5.45. The summed E-state index contributed by atoms with van der Waals surface area (Å²) in [6.07, 6.45) is 0. The van der Waals surface area contributed by atoms with Crippen molar-refractivity contribution in [2.24, 2.45) is 0 Å². The lowest BCUT2D eigenvalue weighted by atomic mass is 10.4. The summed E-state index contributed by atoms with van der Waals surface area (Å²) in [6, 6.07) is 0. The minimum atomic E-state index is -0.606. The smallest absolute Gasteiger partial charge is 0.426 e. The van der Waals surface area contributed by atoms with E-state index in [9.17, 15) is 4.79 Å². The first-order chi connectivity index (χ1) is 3.27. The zero-order valence-corrected chi connectivity index (χ0v) is 3.75. The van der Waals surface area contributed by atoms with Crippen molar-refractivity contribution in [2.75, 3.05) is 0 Å². The lowest BCUT2D eigenvalue weighted by molar-refractivity contribution is -0.216. The van der Waals surface area contributed by atoms with Gasteiger partial charge in [0.2, 0.25) is 0 Å². The molecule has 0 saturated carbocycles. The average Bonchev–Trinajstić information content (AvgIpc) is 1.61. The van der Waals surface area contributed by atoms with Crippen molar-refractivity contribution in [1.82, 2.24) is 0 Å². The minimum absolute atomic E-state index is 0.279. The van der Waals surface area contributed by atoms with Gasteiger partial charge < -0.3 is 9.91 Å². The van der Waals surface area contributed by atoms with Crippen LogP contribution < -0.4 is 0 Å². The first-order valence-electron chi connectivity index (χ1n) is 1.57. The summed E-state index contributed by atoms with van der Waals surface area (Å²) in [6.45, 7) is 1.16. The summed E-state index contributed by atoms with van der Waals surface area (Å²) < 4.78 is 0. The molecule has 7 heavy (non-hydrogen) atoms. The normalized spacial score (nSPS) is 7.71. The van der Waals surface area contributed by atoms with Crippen LogP contribution >= 0.6 is 0 Å². The van der Waals surface area contributed by atoms with E-state index in [4.69, 9.17) is 5.02 Å². The van der Waals surface area contributed by atoms with E-state index in [1.54, 1.807) is 0 Å². The zero-order chi connectivity index (χ0) is 5.70. The van der Waals surface area contributed by atoms with Crippen LogP contribution in [-0.2, 0) is 14.5 Å². The van der Waals surface area contributed by atoms with Crippen molar-refractivity contribution in [3.63, 3.8) is 0 Å². The number of rotatable bonds is 2. The van der Waals surface area contributed by atoms with Gasteiger partial charge in [-0.25, -0.2) is 9.60 Å². The van der Waals surface area contributed by atoms with Gasteiger partial charge in [-0.2, -0.15) is 0 Å². The molecule has 4 nitrogen and oxygen atoms in total. The molecular weight excluding hydrogens is 98.8 g/mol. The largest absolute Gasteiger partial charge is 0.539 e. The van der Waals surface area contributed by atoms with Gasteiger partial charge in [-0.05, 0) is 0 Å². The molecule has 0 heterocycles. The van der Waals surface area contributed by atoms with Gasteiger partial charge in [0.05, 0.1) is 0 Å². The van der Waals surface area contributed by atoms with E-state index in [-0.39, 0.29) is 7.69 Å². The molecule has 0 aromatic rings. The van der Waals surface area contributed by atoms with Crippen molar-refractivity contribution in [3.05, 3.63) is 0 Å². The molecule has 0 saturated heterocycles. The number of hydrogen-bond acceptors (Lipinski definition) is 4. The first kappa shape index (κ1) is 6.45. The summed E-state index contributed by atoms with van der Waals surface area (Å²) in [4.78, 5) is 17.1. The van der Waals surface area contributed by atoms with Gasteiger partial charge in [0.15, 0.2) is 0 Å². The SMILES string of the molecule is CC(=O)OO[B]O. The molecular formula is C2H4BO4. The maximum Gasteiger partial charge on any atom is 0.539 e. The molecule has 0 aliphatic heterocycles. The van der Waals surface area contributed by atoms with Crippen LogP contribution in [-0.4, -0.2) is 18.7 Å². The van der Waals surface area contributed by atoms with Crippen LogP contribution in [0, 0.1) is 0 Å². The Morgan fingerprint density at radius 3 is 2.57 bits per heavy atom. The topological polar surface area (TPSA) is 55.8 Å². The van der Waals surface area contributed by atoms with Crippen molar-refractivity contribution in [1.29, 1.82) is 0 Å². The van der Waals surface area contributed by atoms with Crippen molar-refractivity contribution < 1.29 is 19.5 Å². The molecule has 39 valence electrons. The second-order valence-corrected chi connectivity index (χ2v) is 0.777. The van der Waals surface area contributed by atoms with Crippen molar-refractivity contribution in [2.45, 2.75) is 6.92 Å². The number of carbonyl (C=O) groups excluding carboxylic acids is 1. The molecule has 0 amide bonds. The quantitative estimate of drug-likeness (QED) is 0.277. The van der Waals surface area contributed by atoms with Gasteiger partial charge in [0.1, 0.15) is 0 Å². The van der Waals surface area contributed by atoms with Gasteiger partial charge in [-0.15, -0.1) is 0 Å². The van der Waals surface area contributed by atoms with Gasteiger partial charge in [0, 0.05) is 6.92 Å². The summed E-state index contributed by atoms with van der Waals surface area (Å²) in [5.74, 6) is -0.606.